The molecule has 1 heterocycles. The van der Waals surface area contributed by atoms with Gasteiger partial charge >= 0.3 is 6.18 Å². The SMILES string of the molecule is Cc1c(Cl)c(C(F)(F)F)nn1CCCNC(=S)NC(C)C. The van der Waals surface area contributed by atoms with E-state index in [1.807, 2.05) is 13.8 Å². The van der Waals surface area contributed by atoms with Crippen molar-refractivity contribution in [2.45, 2.75) is 46.0 Å². The average molecular weight is 343 g/mol. The normalized spacial score (nSPS) is 11.8. The summed E-state index contributed by atoms with van der Waals surface area (Å²) in [5, 5.41) is 9.71. The lowest BCUT2D eigenvalue weighted by Crippen LogP contribution is -2.39. The maximum Gasteiger partial charge on any atom is 0.436 e. The lowest BCUT2D eigenvalue weighted by Gasteiger charge is -2.13. The van der Waals surface area contributed by atoms with Crippen molar-refractivity contribution in [2.75, 3.05) is 6.54 Å². The zero-order valence-corrected chi connectivity index (χ0v) is 13.6. The van der Waals surface area contributed by atoms with E-state index in [-0.39, 0.29) is 11.1 Å². The summed E-state index contributed by atoms with van der Waals surface area (Å²) in [6, 6.07) is 0.228. The van der Waals surface area contributed by atoms with Crippen molar-refractivity contribution in [1.29, 1.82) is 0 Å². The minimum atomic E-state index is -4.53. The van der Waals surface area contributed by atoms with E-state index in [1.165, 1.54) is 11.6 Å². The zero-order chi connectivity index (χ0) is 16.2. The average Bonchev–Trinajstić information content (AvgIpc) is 2.61. The van der Waals surface area contributed by atoms with Crippen LogP contribution in [0.1, 0.15) is 31.7 Å². The molecule has 9 heteroatoms. The van der Waals surface area contributed by atoms with Crippen molar-refractivity contribution in [1.82, 2.24) is 20.4 Å². The number of nitrogens with one attached hydrogen (secondary N) is 2. The number of hydrogen-bond acceptors (Lipinski definition) is 2. The Kier molecular flexibility index (Phi) is 6.27. The highest BCUT2D eigenvalue weighted by Gasteiger charge is 2.38. The van der Waals surface area contributed by atoms with E-state index in [0.29, 0.717) is 30.3 Å². The summed E-state index contributed by atoms with van der Waals surface area (Å²) >= 11 is 10.7. The first kappa shape index (κ1) is 18.0. The maximum absolute atomic E-state index is 12.7. The molecule has 0 bridgehead atoms. The van der Waals surface area contributed by atoms with Crippen molar-refractivity contribution in [3.8, 4) is 0 Å². The van der Waals surface area contributed by atoms with Crippen LogP contribution in [0.3, 0.4) is 0 Å². The third-order valence-corrected chi connectivity index (χ3v) is 3.37. The summed E-state index contributed by atoms with van der Waals surface area (Å²) in [5.74, 6) is 0. The van der Waals surface area contributed by atoms with Crippen LogP contribution in [0.15, 0.2) is 0 Å². The number of aromatic nitrogens is 2. The van der Waals surface area contributed by atoms with E-state index in [0.717, 1.165) is 0 Å². The van der Waals surface area contributed by atoms with Gasteiger partial charge in [-0.1, -0.05) is 11.6 Å². The van der Waals surface area contributed by atoms with Crippen molar-refractivity contribution in [3.05, 3.63) is 16.4 Å². The molecule has 0 aliphatic carbocycles. The number of nitrogens with zero attached hydrogens (tertiary/aromatic N) is 2. The number of rotatable bonds is 5. The van der Waals surface area contributed by atoms with Crippen molar-refractivity contribution < 1.29 is 13.2 Å². The molecule has 0 spiro atoms. The molecule has 0 fully saturated rings. The highest BCUT2D eigenvalue weighted by atomic mass is 35.5. The van der Waals surface area contributed by atoms with Crippen LogP contribution in [-0.2, 0) is 12.7 Å². The van der Waals surface area contributed by atoms with Gasteiger partial charge in [0.15, 0.2) is 10.8 Å². The minimum Gasteiger partial charge on any atom is -0.363 e. The van der Waals surface area contributed by atoms with Gasteiger partial charge in [-0.15, -0.1) is 0 Å². The topological polar surface area (TPSA) is 41.9 Å². The van der Waals surface area contributed by atoms with Gasteiger partial charge in [-0.25, -0.2) is 0 Å². The van der Waals surface area contributed by atoms with Crippen LogP contribution >= 0.6 is 23.8 Å². The fourth-order valence-electron chi connectivity index (χ4n) is 1.67. The summed E-state index contributed by atoms with van der Waals surface area (Å²) in [4.78, 5) is 0. The first-order valence-electron chi connectivity index (χ1n) is 6.47. The van der Waals surface area contributed by atoms with Gasteiger partial charge in [0.25, 0.3) is 0 Å². The summed E-state index contributed by atoms with van der Waals surface area (Å²) in [6.07, 6.45) is -3.95. The van der Waals surface area contributed by atoms with E-state index in [4.69, 9.17) is 23.8 Å². The molecule has 4 nitrogen and oxygen atoms in total. The Morgan fingerprint density at radius 1 is 1.43 bits per heavy atom. The Bertz CT molecular complexity index is 499. The van der Waals surface area contributed by atoms with Crippen LogP contribution < -0.4 is 10.6 Å². The summed E-state index contributed by atoms with van der Waals surface area (Å²) in [5.41, 5.74) is -0.724. The molecule has 2 N–H and O–H groups in total. The molecule has 21 heavy (non-hydrogen) atoms. The van der Waals surface area contributed by atoms with Gasteiger partial charge in [0.2, 0.25) is 0 Å². The molecule has 0 aliphatic rings. The Hall–Kier alpha value is -1.02. The van der Waals surface area contributed by atoms with E-state index >= 15 is 0 Å². The van der Waals surface area contributed by atoms with Crippen molar-refractivity contribution in [3.63, 3.8) is 0 Å². The first-order valence-corrected chi connectivity index (χ1v) is 7.26. The van der Waals surface area contributed by atoms with Crippen LogP contribution in [-0.4, -0.2) is 27.5 Å². The number of hydrogen-bond donors (Lipinski definition) is 2. The fraction of sp³-hybridized carbons (Fsp3) is 0.667. The van der Waals surface area contributed by atoms with Gasteiger partial charge in [-0.3, -0.25) is 4.68 Å². The molecule has 0 aromatic carbocycles. The van der Waals surface area contributed by atoms with Gasteiger partial charge in [0, 0.05) is 19.1 Å². The van der Waals surface area contributed by atoms with Crippen LogP contribution in [0.5, 0.6) is 0 Å². The molecule has 1 rings (SSSR count). The molecule has 0 radical (unpaired) electrons. The van der Waals surface area contributed by atoms with Crippen molar-refractivity contribution >= 4 is 28.9 Å². The summed E-state index contributed by atoms with van der Waals surface area (Å²) in [6.45, 7) is 6.31. The Morgan fingerprint density at radius 2 is 2.05 bits per heavy atom. The molecule has 0 saturated heterocycles. The highest BCUT2D eigenvalue weighted by molar-refractivity contribution is 7.80. The number of halogens is 4. The lowest BCUT2D eigenvalue weighted by atomic mass is 10.3. The third-order valence-electron chi connectivity index (χ3n) is 2.65. The third kappa shape index (κ3) is 5.35. The van der Waals surface area contributed by atoms with Crippen LogP contribution in [0.25, 0.3) is 0 Å². The van der Waals surface area contributed by atoms with Crippen LogP contribution in [0, 0.1) is 6.92 Å². The fourth-order valence-corrected chi connectivity index (χ4v) is 2.25. The van der Waals surface area contributed by atoms with Gasteiger partial charge in [0.05, 0.1) is 10.7 Å². The number of aryl methyl sites for hydroxylation is 1. The van der Waals surface area contributed by atoms with E-state index in [1.54, 1.807) is 0 Å². The van der Waals surface area contributed by atoms with Gasteiger partial charge in [-0.2, -0.15) is 18.3 Å². The molecule has 0 atom stereocenters. The lowest BCUT2D eigenvalue weighted by molar-refractivity contribution is -0.141. The second kappa shape index (κ2) is 7.31. The smallest absolute Gasteiger partial charge is 0.363 e. The predicted molar refractivity (Wildman–Crippen MR) is 80.5 cm³/mol. The van der Waals surface area contributed by atoms with Gasteiger partial charge in [0.1, 0.15) is 0 Å². The molecule has 120 valence electrons. The quantitative estimate of drug-likeness (QED) is 0.637. The van der Waals surface area contributed by atoms with E-state index in [2.05, 4.69) is 15.7 Å². The number of thiocarbonyl (C=S) groups is 1. The molecule has 1 aromatic heterocycles. The Morgan fingerprint density at radius 3 is 2.52 bits per heavy atom. The highest BCUT2D eigenvalue weighted by Crippen LogP contribution is 2.35. The molecule has 0 aliphatic heterocycles. The monoisotopic (exact) mass is 342 g/mol. The standard InChI is InChI=1S/C12H18ClF3N4S/c1-7(2)18-11(21)17-5-4-6-20-8(3)9(13)10(19-20)12(14,15)16/h7H,4-6H2,1-3H3,(H2,17,18,21). The Labute approximate surface area is 132 Å². The molecule has 0 saturated carbocycles. The maximum atomic E-state index is 12.7. The summed E-state index contributed by atoms with van der Waals surface area (Å²) in [7, 11) is 0. The van der Waals surface area contributed by atoms with E-state index < -0.39 is 11.9 Å². The molecular formula is C12H18ClF3N4S. The molecular weight excluding hydrogens is 325 g/mol. The number of alkyl halides is 3. The second-order valence-electron chi connectivity index (χ2n) is 4.88. The van der Waals surface area contributed by atoms with E-state index in [9.17, 15) is 13.2 Å². The second-order valence-corrected chi connectivity index (χ2v) is 5.66. The summed E-state index contributed by atoms with van der Waals surface area (Å²) < 4.78 is 39.2. The van der Waals surface area contributed by atoms with Crippen LogP contribution in [0.4, 0.5) is 13.2 Å². The zero-order valence-electron chi connectivity index (χ0n) is 12.0. The first-order chi connectivity index (χ1) is 9.62. The Balaban J connectivity index is 2.52. The predicted octanol–water partition coefficient (Wildman–Crippen LogP) is 3.13. The van der Waals surface area contributed by atoms with Gasteiger partial charge < -0.3 is 10.6 Å². The molecule has 0 amide bonds. The molecule has 0 unspecified atom stereocenters. The molecule has 1 aromatic rings. The van der Waals surface area contributed by atoms with Gasteiger partial charge in [-0.05, 0) is 39.4 Å². The largest absolute Gasteiger partial charge is 0.436 e. The minimum absolute atomic E-state index is 0.228. The van der Waals surface area contributed by atoms with Crippen molar-refractivity contribution in [2.24, 2.45) is 0 Å². The van der Waals surface area contributed by atoms with Crippen LogP contribution in [0.2, 0.25) is 5.02 Å².